The van der Waals surface area contributed by atoms with Crippen LogP contribution in [0.15, 0.2) is 36.5 Å². The van der Waals surface area contributed by atoms with E-state index < -0.39 is 0 Å². The van der Waals surface area contributed by atoms with Gasteiger partial charge in [0.15, 0.2) is 0 Å². The highest BCUT2D eigenvalue weighted by Gasteiger charge is 2.16. The minimum absolute atomic E-state index is 0.0775. The second-order valence-electron chi connectivity index (χ2n) is 5.32. The molecule has 1 aromatic heterocycles. The van der Waals surface area contributed by atoms with Gasteiger partial charge in [-0.3, -0.25) is 9.89 Å². The van der Waals surface area contributed by atoms with E-state index in [0.29, 0.717) is 11.0 Å². The highest BCUT2D eigenvalue weighted by Crippen LogP contribution is 2.29. The molecule has 110 valence electrons. The molecule has 0 bridgehead atoms. The number of amides is 1. The maximum Gasteiger partial charge on any atom is 0.234 e. The molecule has 1 amide bonds. The van der Waals surface area contributed by atoms with E-state index >= 15 is 0 Å². The molecule has 0 saturated heterocycles. The number of rotatable bonds is 5. The van der Waals surface area contributed by atoms with Gasteiger partial charge in [0.1, 0.15) is 0 Å². The largest absolute Gasteiger partial charge is 0.325 e. The van der Waals surface area contributed by atoms with Crippen LogP contribution < -0.4 is 5.32 Å². The Kier molecular flexibility index (Phi) is 4.60. The molecule has 0 atom stereocenters. The van der Waals surface area contributed by atoms with Crippen molar-refractivity contribution in [3.8, 4) is 11.3 Å². The molecule has 3 rings (SSSR count). The van der Waals surface area contributed by atoms with Crippen LogP contribution in [0.5, 0.6) is 0 Å². The summed E-state index contributed by atoms with van der Waals surface area (Å²) in [5.74, 6) is 0.618. The van der Waals surface area contributed by atoms with Gasteiger partial charge in [-0.2, -0.15) is 5.10 Å². The fraction of sp³-hybridized carbons (Fsp3) is 0.375. The number of nitrogens with one attached hydrogen (secondary N) is 2. The summed E-state index contributed by atoms with van der Waals surface area (Å²) >= 11 is 1.79. The van der Waals surface area contributed by atoms with Crippen LogP contribution in [0.25, 0.3) is 11.3 Å². The van der Waals surface area contributed by atoms with Crippen molar-refractivity contribution in [2.75, 3.05) is 11.1 Å². The predicted molar refractivity (Wildman–Crippen MR) is 87.4 cm³/mol. The zero-order valence-corrected chi connectivity index (χ0v) is 12.7. The third-order valence-corrected chi connectivity index (χ3v) is 5.08. The molecule has 4 nitrogen and oxygen atoms in total. The smallest absolute Gasteiger partial charge is 0.234 e. The molecule has 2 N–H and O–H groups in total. The molecular formula is C16H19N3OS. The molecule has 5 heteroatoms. The first-order chi connectivity index (χ1) is 10.3. The van der Waals surface area contributed by atoms with Crippen LogP contribution in [-0.2, 0) is 4.79 Å². The van der Waals surface area contributed by atoms with Crippen LogP contribution in [0.3, 0.4) is 0 Å². The molecule has 1 aliphatic carbocycles. The third-order valence-electron chi connectivity index (χ3n) is 3.71. The first-order valence-corrected chi connectivity index (χ1v) is 8.37. The molecule has 1 heterocycles. The van der Waals surface area contributed by atoms with E-state index in [2.05, 4.69) is 15.5 Å². The van der Waals surface area contributed by atoms with Crippen LogP contribution in [-0.4, -0.2) is 27.1 Å². The van der Waals surface area contributed by atoms with Gasteiger partial charge in [0.2, 0.25) is 5.91 Å². The summed E-state index contributed by atoms with van der Waals surface area (Å²) in [7, 11) is 0. The monoisotopic (exact) mass is 301 g/mol. The number of nitrogens with zero attached hydrogens (tertiary/aromatic N) is 1. The second-order valence-corrected chi connectivity index (χ2v) is 6.61. The van der Waals surface area contributed by atoms with Crippen LogP contribution in [0, 0.1) is 0 Å². The molecule has 1 aromatic carbocycles. The first-order valence-electron chi connectivity index (χ1n) is 7.32. The van der Waals surface area contributed by atoms with Gasteiger partial charge in [0, 0.05) is 22.7 Å². The van der Waals surface area contributed by atoms with Gasteiger partial charge in [-0.25, -0.2) is 0 Å². The molecule has 2 aromatic rings. The summed E-state index contributed by atoms with van der Waals surface area (Å²) < 4.78 is 0. The van der Waals surface area contributed by atoms with Crippen molar-refractivity contribution >= 4 is 23.4 Å². The minimum Gasteiger partial charge on any atom is -0.325 e. The van der Waals surface area contributed by atoms with E-state index in [0.717, 1.165) is 16.9 Å². The molecule has 0 aliphatic heterocycles. The Morgan fingerprint density at radius 2 is 2.19 bits per heavy atom. The Hall–Kier alpha value is -1.75. The Labute approximate surface area is 128 Å². The fourth-order valence-electron chi connectivity index (χ4n) is 2.63. The zero-order valence-electron chi connectivity index (χ0n) is 11.8. The van der Waals surface area contributed by atoms with Crippen molar-refractivity contribution in [2.45, 2.75) is 30.9 Å². The fourth-order valence-corrected chi connectivity index (χ4v) is 3.75. The number of aromatic nitrogens is 2. The first kappa shape index (κ1) is 14.2. The number of carbonyl (C=O) groups excluding carboxylic acids is 1. The van der Waals surface area contributed by atoms with Gasteiger partial charge < -0.3 is 5.32 Å². The van der Waals surface area contributed by atoms with Crippen molar-refractivity contribution in [1.29, 1.82) is 0 Å². The van der Waals surface area contributed by atoms with E-state index in [1.807, 2.05) is 30.3 Å². The summed E-state index contributed by atoms with van der Waals surface area (Å²) in [4.78, 5) is 12.0. The lowest BCUT2D eigenvalue weighted by molar-refractivity contribution is -0.113. The minimum atomic E-state index is 0.0775. The lowest BCUT2D eigenvalue weighted by atomic mass is 10.1. The number of aromatic amines is 1. The van der Waals surface area contributed by atoms with E-state index in [1.165, 1.54) is 25.7 Å². The van der Waals surface area contributed by atoms with E-state index in [-0.39, 0.29) is 5.91 Å². The zero-order chi connectivity index (χ0) is 14.5. The summed E-state index contributed by atoms with van der Waals surface area (Å²) in [5, 5.41) is 10.5. The summed E-state index contributed by atoms with van der Waals surface area (Å²) in [6.45, 7) is 0. The lowest BCUT2D eigenvalue weighted by Crippen LogP contribution is -2.15. The Balaban J connectivity index is 1.56. The normalized spacial score (nSPS) is 15.2. The van der Waals surface area contributed by atoms with E-state index in [1.54, 1.807) is 18.0 Å². The molecule has 0 unspecified atom stereocenters. The maximum atomic E-state index is 12.0. The molecule has 1 aliphatic rings. The van der Waals surface area contributed by atoms with Gasteiger partial charge in [0.25, 0.3) is 0 Å². The number of hydrogen-bond donors (Lipinski definition) is 2. The lowest BCUT2D eigenvalue weighted by Gasteiger charge is -2.09. The summed E-state index contributed by atoms with van der Waals surface area (Å²) in [5.41, 5.74) is 2.80. The van der Waals surface area contributed by atoms with Gasteiger partial charge >= 0.3 is 0 Å². The quantitative estimate of drug-likeness (QED) is 0.885. The summed E-state index contributed by atoms with van der Waals surface area (Å²) in [6, 6.07) is 9.73. The van der Waals surface area contributed by atoms with Crippen LogP contribution in [0.2, 0.25) is 0 Å². The number of carbonyl (C=O) groups is 1. The van der Waals surface area contributed by atoms with Crippen molar-refractivity contribution < 1.29 is 4.79 Å². The highest BCUT2D eigenvalue weighted by atomic mass is 32.2. The van der Waals surface area contributed by atoms with Crippen LogP contribution in [0.1, 0.15) is 25.7 Å². The SMILES string of the molecule is O=C(CSC1CCCC1)Nc1cccc(-c2ccn[nH]2)c1. The number of anilines is 1. The van der Waals surface area contributed by atoms with Crippen LogP contribution in [0.4, 0.5) is 5.69 Å². The van der Waals surface area contributed by atoms with Gasteiger partial charge in [-0.15, -0.1) is 11.8 Å². The van der Waals surface area contributed by atoms with E-state index in [9.17, 15) is 4.79 Å². The van der Waals surface area contributed by atoms with Gasteiger partial charge in [0.05, 0.1) is 11.4 Å². The average molecular weight is 301 g/mol. The Bertz CT molecular complexity index is 591. The van der Waals surface area contributed by atoms with E-state index in [4.69, 9.17) is 0 Å². The number of hydrogen-bond acceptors (Lipinski definition) is 3. The topological polar surface area (TPSA) is 57.8 Å². The molecule has 0 radical (unpaired) electrons. The van der Waals surface area contributed by atoms with Crippen molar-refractivity contribution in [2.24, 2.45) is 0 Å². The van der Waals surface area contributed by atoms with Crippen LogP contribution >= 0.6 is 11.8 Å². The second kappa shape index (κ2) is 6.80. The van der Waals surface area contributed by atoms with Crippen molar-refractivity contribution in [1.82, 2.24) is 10.2 Å². The molecule has 21 heavy (non-hydrogen) atoms. The highest BCUT2D eigenvalue weighted by molar-refractivity contribution is 8.00. The van der Waals surface area contributed by atoms with Crippen molar-refractivity contribution in [3.05, 3.63) is 36.5 Å². The number of benzene rings is 1. The molecule has 1 fully saturated rings. The average Bonchev–Trinajstić information content (AvgIpc) is 3.19. The Morgan fingerprint density at radius 3 is 2.95 bits per heavy atom. The van der Waals surface area contributed by atoms with Crippen molar-refractivity contribution in [3.63, 3.8) is 0 Å². The predicted octanol–water partition coefficient (Wildman–Crippen LogP) is 3.69. The Morgan fingerprint density at radius 1 is 1.33 bits per heavy atom. The standard InChI is InChI=1S/C16H19N3OS/c20-16(11-21-14-6-1-2-7-14)18-13-5-3-4-12(10-13)15-8-9-17-19-15/h3-5,8-10,14H,1-2,6-7,11H2,(H,17,19)(H,18,20). The third kappa shape index (κ3) is 3.88. The molecule has 0 spiro atoms. The summed E-state index contributed by atoms with van der Waals surface area (Å²) in [6.07, 6.45) is 6.86. The number of thioether (sulfide) groups is 1. The number of H-pyrrole nitrogens is 1. The maximum absolute atomic E-state index is 12.0. The van der Waals surface area contributed by atoms with Gasteiger partial charge in [-0.05, 0) is 31.0 Å². The molecule has 1 saturated carbocycles. The molecular weight excluding hydrogens is 282 g/mol. The van der Waals surface area contributed by atoms with Gasteiger partial charge in [-0.1, -0.05) is 25.0 Å².